The molecular formula is C10H20O. The second kappa shape index (κ2) is 3.14. The van der Waals surface area contributed by atoms with Gasteiger partial charge in [-0.3, -0.25) is 0 Å². The third-order valence-corrected chi connectivity index (χ3v) is 2.94. The van der Waals surface area contributed by atoms with Crippen LogP contribution in [0.5, 0.6) is 0 Å². The molecule has 0 aromatic heterocycles. The summed E-state index contributed by atoms with van der Waals surface area (Å²) in [4.78, 5) is 0. The molecule has 0 saturated heterocycles. The Morgan fingerprint density at radius 1 is 1.18 bits per heavy atom. The van der Waals surface area contributed by atoms with Crippen molar-refractivity contribution in [3.8, 4) is 0 Å². The fourth-order valence-corrected chi connectivity index (χ4v) is 1.94. The van der Waals surface area contributed by atoms with Crippen molar-refractivity contribution < 1.29 is 4.74 Å². The Hall–Kier alpha value is -0.0400. The summed E-state index contributed by atoms with van der Waals surface area (Å²) in [5, 5.41) is 0. The summed E-state index contributed by atoms with van der Waals surface area (Å²) in [5.74, 6) is 0.868. The van der Waals surface area contributed by atoms with Gasteiger partial charge in [-0.05, 0) is 30.6 Å². The molecule has 0 amide bonds. The van der Waals surface area contributed by atoms with Gasteiger partial charge in [-0.2, -0.15) is 0 Å². The normalized spacial score (nSPS) is 32.7. The highest BCUT2D eigenvalue weighted by molar-refractivity contribution is 4.83. The predicted molar refractivity (Wildman–Crippen MR) is 47.6 cm³/mol. The summed E-state index contributed by atoms with van der Waals surface area (Å²) < 4.78 is 5.34. The highest BCUT2D eigenvalue weighted by atomic mass is 16.5. The molecule has 1 rings (SSSR count). The Morgan fingerprint density at radius 3 is 2.09 bits per heavy atom. The number of rotatable bonds is 1. The van der Waals surface area contributed by atoms with Crippen molar-refractivity contribution in [2.45, 2.75) is 46.1 Å². The molecule has 1 aliphatic carbocycles. The van der Waals surface area contributed by atoms with Crippen LogP contribution < -0.4 is 0 Å². The van der Waals surface area contributed by atoms with Crippen LogP contribution in [0.2, 0.25) is 0 Å². The van der Waals surface area contributed by atoms with Crippen molar-refractivity contribution in [1.82, 2.24) is 0 Å². The van der Waals surface area contributed by atoms with E-state index in [4.69, 9.17) is 4.74 Å². The highest BCUT2D eigenvalue weighted by Crippen LogP contribution is 2.39. The molecule has 0 heterocycles. The lowest BCUT2D eigenvalue weighted by Crippen LogP contribution is -2.18. The Kier molecular flexibility index (Phi) is 2.58. The summed E-state index contributed by atoms with van der Waals surface area (Å²) >= 11 is 0. The summed E-state index contributed by atoms with van der Waals surface area (Å²) in [6, 6.07) is 0. The predicted octanol–water partition coefficient (Wildman–Crippen LogP) is 2.85. The van der Waals surface area contributed by atoms with Gasteiger partial charge >= 0.3 is 0 Å². The van der Waals surface area contributed by atoms with E-state index in [2.05, 4.69) is 20.8 Å². The molecule has 1 nitrogen and oxygen atoms in total. The molecule has 0 spiro atoms. The fraction of sp³-hybridized carbons (Fsp3) is 1.00. The second-order valence-corrected chi connectivity index (χ2v) is 4.73. The topological polar surface area (TPSA) is 9.23 Å². The molecule has 1 aliphatic rings. The maximum Gasteiger partial charge on any atom is 0.0574 e. The van der Waals surface area contributed by atoms with Crippen LogP contribution in [-0.4, -0.2) is 13.2 Å². The number of hydrogen-bond donors (Lipinski definition) is 0. The molecule has 0 aromatic carbocycles. The molecule has 1 fully saturated rings. The van der Waals surface area contributed by atoms with E-state index < -0.39 is 0 Å². The second-order valence-electron chi connectivity index (χ2n) is 4.73. The van der Waals surface area contributed by atoms with Gasteiger partial charge in [-0.15, -0.1) is 0 Å². The van der Waals surface area contributed by atoms with E-state index in [1.165, 1.54) is 19.3 Å². The van der Waals surface area contributed by atoms with Crippen molar-refractivity contribution in [2.24, 2.45) is 11.3 Å². The summed E-state index contributed by atoms with van der Waals surface area (Å²) in [6.07, 6.45) is 4.42. The SMILES string of the molecule is CO[C@@H]1CC[C@H](C(C)(C)C)C1. The average Bonchev–Trinajstić information content (AvgIpc) is 2.32. The Morgan fingerprint density at radius 2 is 1.82 bits per heavy atom. The molecule has 1 heteroatoms. The van der Waals surface area contributed by atoms with Crippen molar-refractivity contribution in [3.63, 3.8) is 0 Å². The molecule has 0 N–H and O–H groups in total. The van der Waals surface area contributed by atoms with Crippen molar-refractivity contribution in [3.05, 3.63) is 0 Å². The van der Waals surface area contributed by atoms with Crippen molar-refractivity contribution in [1.29, 1.82) is 0 Å². The lowest BCUT2D eigenvalue weighted by molar-refractivity contribution is 0.0968. The summed E-state index contributed by atoms with van der Waals surface area (Å²) in [5.41, 5.74) is 0.479. The Labute approximate surface area is 70.1 Å². The van der Waals surface area contributed by atoms with E-state index >= 15 is 0 Å². The summed E-state index contributed by atoms with van der Waals surface area (Å²) in [6.45, 7) is 6.99. The van der Waals surface area contributed by atoms with Crippen LogP contribution in [0.15, 0.2) is 0 Å². The maximum atomic E-state index is 5.34. The molecule has 0 aliphatic heterocycles. The quantitative estimate of drug-likeness (QED) is 0.567. The van der Waals surface area contributed by atoms with Crippen LogP contribution in [0.4, 0.5) is 0 Å². The van der Waals surface area contributed by atoms with Crippen molar-refractivity contribution in [2.75, 3.05) is 7.11 Å². The van der Waals surface area contributed by atoms with Crippen LogP contribution in [0.1, 0.15) is 40.0 Å². The molecule has 0 radical (unpaired) electrons. The average molecular weight is 156 g/mol. The molecule has 2 atom stereocenters. The number of ether oxygens (including phenoxy) is 1. The zero-order valence-electron chi connectivity index (χ0n) is 8.18. The Bertz CT molecular complexity index is 123. The highest BCUT2D eigenvalue weighted by Gasteiger charge is 2.32. The summed E-state index contributed by atoms with van der Waals surface area (Å²) in [7, 11) is 1.83. The lowest BCUT2D eigenvalue weighted by Gasteiger charge is -2.26. The van der Waals surface area contributed by atoms with E-state index in [0.717, 1.165) is 5.92 Å². The van der Waals surface area contributed by atoms with E-state index in [-0.39, 0.29) is 0 Å². The van der Waals surface area contributed by atoms with Gasteiger partial charge in [0.15, 0.2) is 0 Å². The van der Waals surface area contributed by atoms with Crippen LogP contribution in [0.25, 0.3) is 0 Å². The molecule has 0 aromatic rings. The maximum absolute atomic E-state index is 5.34. The third kappa shape index (κ3) is 2.19. The van der Waals surface area contributed by atoms with Crippen molar-refractivity contribution >= 4 is 0 Å². The van der Waals surface area contributed by atoms with Gasteiger partial charge in [0.1, 0.15) is 0 Å². The van der Waals surface area contributed by atoms with Gasteiger partial charge in [0.2, 0.25) is 0 Å². The minimum atomic E-state index is 0.479. The number of methoxy groups -OCH3 is 1. The largest absolute Gasteiger partial charge is 0.381 e. The van der Waals surface area contributed by atoms with Gasteiger partial charge in [-0.25, -0.2) is 0 Å². The molecule has 0 unspecified atom stereocenters. The first-order valence-electron chi connectivity index (χ1n) is 4.57. The van der Waals surface area contributed by atoms with E-state index in [0.29, 0.717) is 11.5 Å². The number of hydrogen-bond acceptors (Lipinski definition) is 1. The lowest BCUT2D eigenvalue weighted by atomic mass is 9.80. The minimum Gasteiger partial charge on any atom is -0.381 e. The van der Waals surface area contributed by atoms with Gasteiger partial charge < -0.3 is 4.74 Å². The van der Waals surface area contributed by atoms with Crippen LogP contribution in [0.3, 0.4) is 0 Å². The van der Waals surface area contributed by atoms with E-state index in [9.17, 15) is 0 Å². The van der Waals surface area contributed by atoms with Crippen LogP contribution in [-0.2, 0) is 4.74 Å². The molecular weight excluding hydrogens is 136 g/mol. The Balaban J connectivity index is 2.42. The minimum absolute atomic E-state index is 0.479. The molecule has 66 valence electrons. The zero-order valence-corrected chi connectivity index (χ0v) is 8.18. The first-order valence-corrected chi connectivity index (χ1v) is 4.57. The van der Waals surface area contributed by atoms with Crippen LogP contribution >= 0.6 is 0 Å². The molecule has 0 bridgehead atoms. The van der Waals surface area contributed by atoms with Gasteiger partial charge in [0.25, 0.3) is 0 Å². The van der Waals surface area contributed by atoms with E-state index in [1.807, 2.05) is 7.11 Å². The zero-order chi connectivity index (χ0) is 8.48. The van der Waals surface area contributed by atoms with Gasteiger partial charge in [-0.1, -0.05) is 20.8 Å². The fourth-order valence-electron chi connectivity index (χ4n) is 1.94. The smallest absolute Gasteiger partial charge is 0.0574 e. The first kappa shape index (κ1) is 9.05. The van der Waals surface area contributed by atoms with Gasteiger partial charge in [0.05, 0.1) is 6.10 Å². The standard InChI is InChI=1S/C10H20O/c1-10(2,3)8-5-6-9(7-8)11-4/h8-9H,5-7H2,1-4H3/t8-,9+/m0/s1. The van der Waals surface area contributed by atoms with E-state index in [1.54, 1.807) is 0 Å². The monoisotopic (exact) mass is 156 g/mol. The molecule has 1 saturated carbocycles. The van der Waals surface area contributed by atoms with Crippen LogP contribution in [0, 0.1) is 11.3 Å². The third-order valence-electron chi connectivity index (χ3n) is 2.94. The first-order chi connectivity index (χ1) is 5.04. The van der Waals surface area contributed by atoms with Gasteiger partial charge in [0, 0.05) is 7.11 Å². The molecule has 11 heavy (non-hydrogen) atoms.